The maximum absolute atomic E-state index is 13.4. The fourth-order valence-corrected chi connectivity index (χ4v) is 3.54. The highest BCUT2D eigenvalue weighted by molar-refractivity contribution is 5.91. The number of alkyl halides is 3. The lowest BCUT2D eigenvalue weighted by Gasteiger charge is -2.20. The fourth-order valence-electron chi connectivity index (χ4n) is 3.54. The van der Waals surface area contributed by atoms with Crippen molar-refractivity contribution >= 4 is 12.0 Å². The maximum atomic E-state index is 13.4. The van der Waals surface area contributed by atoms with Gasteiger partial charge in [0, 0.05) is 30.3 Å². The molecule has 1 aliphatic carbocycles. The minimum absolute atomic E-state index is 0.100. The molecule has 2 aromatic rings. The Labute approximate surface area is 171 Å². The Morgan fingerprint density at radius 2 is 1.93 bits per heavy atom. The molecule has 4 rings (SSSR count). The van der Waals surface area contributed by atoms with Gasteiger partial charge in [-0.3, -0.25) is 4.79 Å². The molecule has 0 radical (unpaired) electrons. The number of aromatic nitrogens is 2. The fraction of sp³-hybridized carbons (Fsp3) is 0.381. The van der Waals surface area contributed by atoms with Crippen molar-refractivity contribution in [3.8, 4) is 11.5 Å². The van der Waals surface area contributed by atoms with Crippen molar-refractivity contribution < 1.29 is 27.4 Å². The molecule has 2 heterocycles. The van der Waals surface area contributed by atoms with Crippen LogP contribution in [-0.4, -0.2) is 29.2 Å². The summed E-state index contributed by atoms with van der Waals surface area (Å²) < 4.78 is 50.6. The highest BCUT2D eigenvalue weighted by atomic mass is 19.4. The quantitative estimate of drug-likeness (QED) is 0.752. The number of aryl methyl sites for hydroxylation is 1. The van der Waals surface area contributed by atoms with E-state index in [4.69, 9.17) is 9.47 Å². The summed E-state index contributed by atoms with van der Waals surface area (Å²) >= 11 is 0. The first-order valence-corrected chi connectivity index (χ1v) is 9.71. The van der Waals surface area contributed by atoms with Gasteiger partial charge in [-0.15, -0.1) is 0 Å². The van der Waals surface area contributed by atoms with E-state index in [-0.39, 0.29) is 37.1 Å². The zero-order chi connectivity index (χ0) is 21.1. The molecule has 1 N–H and O–H groups in total. The van der Waals surface area contributed by atoms with Crippen LogP contribution in [0.1, 0.15) is 41.2 Å². The number of rotatable bonds is 5. The number of hydrogen-bond donors (Lipinski definition) is 1. The third-order valence-corrected chi connectivity index (χ3v) is 4.97. The van der Waals surface area contributed by atoms with E-state index < -0.39 is 11.9 Å². The topological polar surface area (TPSA) is 73.3 Å². The van der Waals surface area contributed by atoms with Gasteiger partial charge in [0.15, 0.2) is 17.2 Å². The summed E-state index contributed by atoms with van der Waals surface area (Å²) in [6.07, 6.45) is 1.01. The summed E-state index contributed by atoms with van der Waals surface area (Å²) in [5, 5.41) is 2.65. The zero-order valence-electron chi connectivity index (χ0n) is 16.1. The van der Waals surface area contributed by atoms with Crippen LogP contribution in [0, 0.1) is 0 Å². The van der Waals surface area contributed by atoms with Gasteiger partial charge in [-0.2, -0.15) is 13.2 Å². The molecule has 0 atom stereocenters. The molecule has 0 spiro atoms. The van der Waals surface area contributed by atoms with Crippen LogP contribution in [0.2, 0.25) is 0 Å². The van der Waals surface area contributed by atoms with E-state index in [2.05, 4.69) is 15.3 Å². The molecule has 1 aromatic heterocycles. The predicted octanol–water partition coefficient (Wildman–Crippen LogP) is 3.48. The van der Waals surface area contributed by atoms with E-state index in [9.17, 15) is 18.0 Å². The van der Waals surface area contributed by atoms with E-state index in [1.807, 2.05) is 0 Å². The van der Waals surface area contributed by atoms with E-state index in [0.29, 0.717) is 36.5 Å². The number of nitrogens with one attached hydrogen (secondary N) is 1. The van der Waals surface area contributed by atoms with Crippen LogP contribution in [0.5, 0.6) is 11.5 Å². The summed E-state index contributed by atoms with van der Waals surface area (Å²) in [6, 6.07) is 5.30. The highest BCUT2D eigenvalue weighted by Gasteiger charge is 2.37. The summed E-state index contributed by atoms with van der Waals surface area (Å²) in [7, 11) is 0. The van der Waals surface area contributed by atoms with Crippen molar-refractivity contribution in [3.63, 3.8) is 0 Å². The lowest BCUT2D eigenvalue weighted by atomic mass is 9.94. The van der Waals surface area contributed by atoms with Crippen LogP contribution >= 0.6 is 0 Å². The Morgan fingerprint density at radius 3 is 2.77 bits per heavy atom. The molecule has 1 aliphatic heterocycles. The Balaban J connectivity index is 1.36. The molecule has 9 heteroatoms. The normalized spacial score (nSPS) is 15.3. The third kappa shape index (κ3) is 4.55. The van der Waals surface area contributed by atoms with Gasteiger partial charge in [0.05, 0.1) is 0 Å². The number of amides is 1. The molecule has 1 amide bonds. The maximum Gasteiger partial charge on any atom is 0.433 e. The molecule has 30 heavy (non-hydrogen) atoms. The first-order valence-electron chi connectivity index (χ1n) is 9.71. The predicted molar refractivity (Wildman–Crippen MR) is 102 cm³/mol. The van der Waals surface area contributed by atoms with Crippen LogP contribution in [-0.2, 0) is 30.2 Å². The molecular formula is C21H20F3N3O3. The van der Waals surface area contributed by atoms with Crippen LogP contribution in [0.4, 0.5) is 13.2 Å². The van der Waals surface area contributed by atoms with Gasteiger partial charge in [0.2, 0.25) is 12.7 Å². The molecule has 0 fully saturated rings. The number of hydrogen-bond acceptors (Lipinski definition) is 5. The monoisotopic (exact) mass is 419 g/mol. The summed E-state index contributed by atoms with van der Waals surface area (Å²) in [5.41, 5.74) is 0.624. The minimum Gasteiger partial charge on any atom is -0.454 e. The van der Waals surface area contributed by atoms with Crippen molar-refractivity contribution in [1.82, 2.24) is 15.3 Å². The first kappa shape index (κ1) is 20.2. The van der Waals surface area contributed by atoms with Crippen molar-refractivity contribution in [2.75, 3.05) is 13.3 Å². The lowest BCUT2D eigenvalue weighted by molar-refractivity contribution is -0.142. The van der Waals surface area contributed by atoms with Crippen molar-refractivity contribution in [2.24, 2.45) is 0 Å². The molecule has 1 aromatic carbocycles. The summed E-state index contributed by atoms with van der Waals surface area (Å²) in [4.78, 5) is 20.1. The van der Waals surface area contributed by atoms with Crippen LogP contribution < -0.4 is 14.8 Å². The van der Waals surface area contributed by atoms with Gasteiger partial charge in [-0.25, -0.2) is 9.97 Å². The zero-order valence-corrected chi connectivity index (χ0v) is 16.1. The van der Waals surface area contributed by atoms with Gasteiger partial charge < -0.3 is 14.8 Å². The second-order valence-electron chi connectivity index (χ2n) is 7.11. The molecular weight excluding hydrogens is 399 g/mol. The molecule has 6 nitrogen and oxygen atoms in total. The number of carbonyl (C=O) groups excluding carboxylic acids is 1. The van der Waals surface area contributed by atoms with Gasteiger partial charge in [0.1, 0.15) is 5.82 Å². The average molecular weight is 419 g/mol. The standard InChI is InChI=1S/C21H20F3N3O3/c22-21(23,24)20-14-3-1-2-4-15(14)26-18(27-20)9-10-25-19(28)8-6-13-5-7-16-17(11-13)30-12-29-16/h5-8,11H,1-4,9-10,12H2,(H,25,28). The van der Waals surface area contributed by atoms with Crippen LogP contribution in [0.3, 0.4) is 0 Å². The van der Waals surface area contributed by atoms with E-state index in [0.717, 1.165) is 12.0 Å². The molecule has 0 unspecified atom stereocenters. The van der Waals surface area contributed by atoms with E-state index >= 15 is 0 Å². The number of nitrogens with zero attached hydrogens (tertiary/aromatic N) is 2. The van der Waals surface area contributed by atoms with Crippen molar-refractivity contribution in [1.29, 1.82) is 0 Å². The molecule has 2 aliphatic rings. The smallest absolute Gasteiger partial charge is 0.433 e. The van der Waals surface area contributed by atoms with Crippen LogP contribution in [0.25, 0.3) is 6.08 Å². The van der Waals surface area contributed by atoms with Gasteiger partial charge in [0.25, 0.3) is 0 Å². The average Bonchev–Trinajstić information content (AvgIpc) is 3.19. The van der Waals surface area contributed by atoms with Gasteiger partial charge in [-0.05, 0) is 49.5 Å². The third-order valence-electron chi connectivity index (χ3n) is 4.97. The van der Waals surface area contributed by atoms with E-state index in [1.54, 1.807) is 24.3 Å². The Morgan fingerprint density at radius 1 is 1.13 bits per heavy atom. The number of fused-ring (bicyclic) bond motifs is 2. The number of benzene rings is 1. The second-order valence-corrected chi connectivity index (χ2v) is 7.11. The lowest BCUT2D eigenvalue weighted by Crippen LogP contribution is -2.26. The summed E-state index contributed by atoms with van der Waals surface area (Å²) in [6.45, 7) is 0.310. The molecule has 0 bridgehead atoms. The van der Waals surface area contributed by atoms with Gasteiger partial charge >= 0.3 is 6.18 Å². The first-order chi connectivity index (χ1) is 14.4. The van der Waals surface area contributed by atoms with Crippen molar-refractivity contribution in [3.05, 3.63) is 52.6 Å². The Kier molecular flexibility index (Phi) is 5.61. The SMILES string of the molecule is O=C(C=Cc1ccc2c(c1)OCO2)NCCc1nc2c(c(C(F)(F)F)n1)CCCC2. The number of carbonyl (C=O) groups is 1. The summed E-state index contributed by atoms with van der Waals surface area (Å²) in [5.74, 6) is 1.01. The second kappa shape index (κ2) is 8.33. The number of halogens is 3. The largest absolute Gasteiger partial charge is 0.454 e. The molecule has 0 saturated carbocycles. The van der Waals surface area contributed by atoms with E-state index in [1.165, 1.54) is 6.08 Å². The molecule has 158 valence electrons. The molecule has 0 saturated heterocycles. The van der Waals surface area contributed by atoms with Crippen LogP contribution in [0.15, 0.2) is 24.3 Å². The number of ether oxygens (including phenoxy) is 2. The Bertz CT molecular complexity index is 989. The Hall–Kier alpha value is -3.10. The minimum atomic E-state index is -4.50. The van der Waals surface area contributed by atoms with Gasteiger partial charge in [-0.1, -0.05) is 6.07 Å². The highest BCUT2D eigenvalue weighted by Crippen LogP contribution is 2.34. The van der Waals surface area contributed by atoms with Crippen molar-refractivity contribution in [2.45, 2.75) is 38.3 Å².